The summed E-state index contributed by atoms with van der Waals surface area (Å²) in [6.45, 7) is 4.22. The van der Waals surface area contributed by atoms with Gasteiger partial charge in [0.2, 0.25) is 5.91 Å². The van der Waals surface area contributed by atoms with E-state index in [9.17, 15) is 9.59 Å². The first-order chi connectivity index (χ1) is 15.4. The van der Waals surface area contributed by atoms with E-state index < -0.39 is 6.04 Å². The van der Waals surface area contributed by atoms with Gasteiger partial charge in [0.15, 0.2) is 6.61 Å². The zero-order valence-electron chi connectivity index (χ0n) is 19.3. The van der Waals surface area contributed by atoms with E-state index in [1.165, 1.54) is 19.1 Å². The molecule has 0 aliphatic heterocycles. The Labute approximate surface area is 189 Å². The first kappa shape index (κ1) is 24.8. The van der Waals surface area contributed by atoms with Crippen molar-refractivity contribution in [2.24, 2.45) is 0 Å². The molecule has 0 bridgehead atoms. The Balaban J connectivity index is 2.19. The highest BCUT2D eigenvalue weighted by atomic mass is 16.5. The minimum atomic E-state index is -0.677. The van der Waals surface area contributed by atoms with Crippen LogP contribution in [0.4, 0.5) is 0 Å². The maximum Gasteiger partial charge on any atom is 0.261 e. The second-order valence-electron chi connectivity index (χ2n) is 7.18. The third kappa shape index (κ3) is 7.08. The summed E-state index contributed by atoms with van der Waals surface area (Å²) in [6.07, 6.45) is 0.809. The molecule has 8 nitrogen and oxygen atoms in total. The summed E-state index contributed by atoms with van der Waals surface area (Å²) in [7, 11) is 4.66. The van der Waals surface area contributed by atoms with Crippen molar-refractivity contribution in [3.05, 3.63) is 48.0 Å². The lowest BCUT2D eigenvalue weighted by molar-refractivity contribution is -0.142. The molecule has 174 valence electrons. The van der Waals surface area contributed by atoms with Gasteiger partial charge in [-0.2, -0.15) is 0 Å². The van der Waals surface area contributed by atoms with Gasteiger partial charge in [-0.05, 0) is 31.0 Å². The van der Waals surface area contributed by atoms with E-state index in [1.54, 1.807) is 32.2 Å². The Kier molecular flexibility index (Phi) is 9.66. The molecule has 0 aliphatic rings. The molecule has 0 aliphatic carbocycles. The second kappa shape index (κ2) is 12.4. The average molecular weight is 445 g/mol. The molecule has 0 radical (unpaired) electrons. The van der Waals surface area contributed by atoms with Crippen LogP contribution in [0.2, 0.25) is 0 Å². The molecule has 8 heteroatoms. The lowest BCUT2D eigenvalue weighted by Gasteiger charge is -2.29. The third-order valence-electron chi connectivity index (χ3n) is 4.89. The molecule has 0 aromatic heterocycles. The van der Waals surface area contributed by atoms with Gasteiger partial charge in [-0.25, -0.2) is 0 Å². The van der Waals surface area contributed by atoms with E-state index in [0.717, 1.165) is 12.0 Å². The molecule has 2 amide bonds. The van der Waals surface area contributed by atoms with Crippen LogP contribution in [0.1, 0.15) is 25.8 Å². The molecule has 2 aromatic rings. The molecule has 2 rings (SSSR count). The van der Waals surface area contributed by atoms with Gasteiger partial charge in [0.05, 0.1) is 21.3 Å². The summed E-state index contributed by atoms with van der Waals surface area (Å²) in [5.74, 6) is 1.66. The molecular weight excluding hydrogens is 412 g/mol. The number of nitrogens with zero attached hydrogens (tertiary/aromatic N) is 1. The van der Waals surface area contributed by atoms with Crippen LogP contribution in [-0.4, -0.2) is 57.2 Å². The Morgan fingerprint density at radius 3 is 2.16 bits per heavy atom. The quantitative estimate of drug-likeness (QED) is 0.542. The fraction of sp³-hybridized carbons (Fsp3) is 0.417. The fourth-order valence-electron chi connectivity index (χ4n) is 3.04. The van der Waals surface area contributed by atoms with Gasteiger partial charge < -0.3 is 29.2 Å². The third-order valence-corrected chi connectivity index (χ3v) is 4.89. The van der Waals surface area contributed by atoms with E-state index in [2.05, 4.69) is 5.32 Å². The van der Waals surface area contributed by atoms with Crippen molar-refractivity contribution >= 4 is 11.8 Å². The molecule has 0 unspecified atom stereocenters. The first-order valence-electron chi connectivity index (χ1n) is 10.5. The predicted octanol–water partition coefficient (Wildman–Crippen LogP) is 3.03. The molecule has 0 heterocycles. The predicted molar refractivity (Wildman–Crippen MR) is 121 cm³/mol. The van der Waals surface area contributed by atoms with E-state index >= 15 is 0 Å². The number of ether oxygens (including phenoxy) is 4. The van der Waals surface area contributed by atoms with E-state index in [4.69, 9.17) is 18.9 Å². The number of rotatable bonds is 12. The van der Waals surface area contributed by atoms with Gasteiger partial charge in [-0.1, -0.05) is 19.1 Å². The van der Waals surface area contributed by atoms with Crippen molar-refractivity contribution in [1.29, 1.82) is 0 Å². The summed E-state index contributed by atoms with van der Waals surface area (Å²) < 4.78 is 21.5. The highest BCUT2D eigenvalue weighted by molar-refractivity contribution is 5.88. The summed E-state index contributed by atoms with van der Waals surface area (Å²) >= 11 is 0. The molecular formula is C24H32N2O6. The number of nitrogens with one attached hydrogen (secondary N) is 1. The molecule has 2 aromatic carbocycles. The molecule has 0 saturated heterocycles. The average Bonchev–Trinajstić information content (AvgIpc) is 2.83. The van der Waals surface area contributed by atoms with Crippen molar-refractivity contribution in [1.82, 2.24) is 10.2 Å². The van der Waals surface area contributed by atoms with Crippen molar-refractivity contribution < 1.29 is 28.5 Å². The highest BCUT2D eigenvalue weighted by Crippen LogP contribution is 2.27. The number of carbonyl (C=O) groups is 2. The van der Waals surface area contributed by atoms with E-state index in [1.807, 2.05) is 31.2 Å². The number of methoxy groups -OCH3 is 3. The Hall–Kier alpha value is -3.42. The van der Waals surface area contributed by atoms with Crippen molar-refractivity contribution in [3.63, 3.8) is 0 Å². The molecule has 0 fully saturated rings. The standard InChI is InChI=1S/C24H32N2O6/c1-6-10-25-24(28)17(2)26(15-18-8-7-9-19(11-18)29-3)23(27)16-32-22-13-20(30-4)12-21(14-22)31-5/h7-9,11-14,17H,6,10,15-16H2,1-5H3,(H,25,28)/t17-/m0/s1. The van der Waals surface area contributed by atoms with Crippen molar-refractivity contribution in [2.75, 3.05) is 34.5 Å². The summed E-state index contributed by atoms with van der Waals surface area (Å²) in [6, 6.07) is 11.8. The summed E-state index contributed by atoms with van der Waals surface area (Å²) in [5.41, 5.74) is 0.843. The number of hydrogen-bond donors (Lipinski definition) is 1. The summed E-state index contributed by atoms with van der Waals surface area (Å²) in [4.78, 5) is 27.2. The molecule has 32 heavy (non-hydrogen) atoms. The van der Waals surface area contributed by atoms with Gasteiger partial charge in [-0.15, -0.1) is 0 Å². The number of amides is 2. The molecule has 1 N–H and O–H groups in total. The molecule has 0 saturated carbocycles. The van der Waals surface area contributed by atoms with Crippen LogP contribution in [-0.2, 0) is 16.1 Å². The zero-order valence-corrected chi connectivity index (χ0v) is 19.3. The Morgan fingerprint density at radius 2 is 1.56 bits per heavy atom. The van der Waals surface area contributed by atoms with Crippen LogP contribution in [0.25, 0.3) is 0 Å². The first-order valence-corrected chi connectivity index (χ1v) is 10.5. The number of benzene rings is 2. The van der Waals surface area contributed by atoms with Crippen molar-refractivity contribution in [3.8, 4) is 23.0 Å². The number of hydrogen-bond acceptors (Lipinski definition) is 6. The lowest BCUT2D eigenvalue weighted by Crippen LogP contribution is -2.49. The SMILES string of the molecule is CCCNC(=O)[C@H](C)N(Cc1cccc(OC)c1)C(=O)COc1cc(OC)cc(OC)c1. The Morgan fingerprint density at radius 1 is 0.938 bits per heavy atom. The van der Waals surface area contributed by atoms with Gasteiger partial charge in [-0.3, -0.25) is 9.59 Å². The molecule has 1 atom stereocenters. The van der Waals surface area contributed by atoms with Crippen LogP contribution in [0.5, 0.6) is 23.0 Å². The maximum absolute atomic E-state index is 13.1. The summed E-state index contributed by atoms with van der Waals surface area (Å²) in [5, 5.41) is 2.85. The topological polar surface area (TPSA) is 86.3 Å². The normalized spacial score (nSPS) is 11.3. The zero-order chi connectivity index (χ0) is 23.5. The van der Waals surface area contributed by atoms with Gasteiger partial charge in [0, 0.05) is 31.3 Å². The Bertz CT molecular complexity index is 880. The van der Waals surface area contributed by atoms with Crippen LogP contribution in [0, 0.1) is 0 Å². The van der Waals surface area contributed by atoms with Gasteiger partial charge in [0.1, 0.15) is 29.0 Å². The van der Waals surface area contributed by atoms with E-state index in [-0.39, 0.29) is 25.0 Å². The van der Waals surface area contributed by atoms with Gasteiger partial charge in [0.25, 0.3) is 5.91 Å². The van der Waals surface area contributed by atoms with Crippen LogP contribution in [0.15, 0.2) is 42.5 Å². The minimum absolute atomic E-state index is 0.217. The minimum Gasteiger partial charge on any atom is -0.497 e. The van der Waals surface area contributed by atoms with Crippen LogP contribution in [0.3, 0.4) is 0 Å². The smallest absolute Gasteiger partial charge is 0.261 e. The number of carbonyl (C=O) groups excluding carboxylic acids is 2. The fourth-order valence-corrected chi connectivity index (χ4v) is 3.04. The van der Waals surface area contributed by atoms with E-state index in [0.29, 0.717) is 29.5 Å². The van der Waals surface area contributed by atoms with Crippen LogP contribution >= 0.6 is 0 Å². The van der Waals surface area contributed by atoms with Crippen molar-refractivity contribution in [2.45, 2.75) is 32.9 Å². The lowest BCUT2D eigenvalue weighted by atomic mass is 10.1. The van der Waals surface area contributed by atoms with Crippen LogP contribution < -0.4 is 24.3 Å². The molecule has 0 spiro atoms. The highest BCUT2D eigenvalue weighted by Gasteiger charge is 2.26. The maximum atomic E-state index is 13.1. The largest absolute Gasteiger partial charge is 0.497 e. The second-order valence-corrected chi connectivity index (χ2v) is 7.18. The van der Waals surface area contributed by atoms with Gasteiger partial charge >= 0.3 is 0 Å². The monoisotopic (exact) mass is 444 g/mol.